The lowest BCUT2D eigenvalue weighted by Crippen LogP contribution is -2.58. The summed E-state index contributed by atoms with van der Waals surface area (Å²) in [7, 11) is 0. The van der Waals surface area contributed by atoms with Crippen molar-refractivity contribution in [1.29, 1.82) is 0 Å². The summed E-state index contributed by atoms with van der Waals surface area (Å²) >= 11 is 1.63. The Kier molecular flexibility index (Phi) is 17.5. The van der Waals surface area contributed by atoms with Gasteiger partial charge in [-0.2, -0.15) is 13.2 Å². The number of nitrogens with one attached hydrogen (secondary N) is 2. The number of fused-ring (bicyclic) bond motifs is 1. The number of alkyl halides is 3. The van der Waals surface area contributed by atoms with Crippen molar-refractivity contribution in [2.24, 2.45) is 0 Å². The number of halogens is 4. The molecular weight excluding hydrogens is 877 g/mol. The quantitative estimate of drug-likeness (QED) is 0.0733. The van der Waals surface area contributed by atoms with Crippen LogP contribution in [0.25, 0.3) is 0 Å². The molecule has 1 spiro atoms. The number of phenolic OH excluding ortho intramolecular Hbond substituents is 1. The number of hydrogen-bond donors (Lipinski definition) is 4. The molecule has 1 aliphatic carbocycles. The van der Waals surface area contributed by atoms with Crippen LogP contribution in [0.3, 0.4) is 0 Å². The van der Waals surface area contributed by atoms with Crippen LogP contribution in [0.4, 0.5) is 23.2 Å². The minimum atomic E-state index is -5.08. The highest BCUT2D eigenvalue weighted by molar-refractivity contribution is 7.09. The van der Waals surface area contributed by atoms with Gasteiger partial charge in [-0.15, -0.1) is 11.3 Å². The van der Waals surface area contributed by atoms with Crippen LogP contribution in [-0.4, -0.2) is 144 Å². The molecule has 3 aliphatic heterocycles. The van der Waals surface area contributed by atoms with E-state index in [1.807, 2.05) is 29.3 Å². The highest BCUT2D eigenvalue weighted by Gasteiger charge is 2.42. The third-order valence-corrected chi connectivity index (χ3v) is 13.2. The molecule has 7 rings (SSSR count). The molecule has 0 atom stereocenters. The zero-order valence-corrected chi connectivity index (χ0v) is 37.4. The number of piperidine rings is 1. The first-order valence-corrected chi connectivity index (χ1v) is 23.0. The van der Waals surface area contributed by atoms with Gasteiger partial charge < -0.3 is 44.9 Å². The molecule has 1 saturated carbocycles. The molecule has 2 aromatic carbocycles. The minimum Gasteiger partial charge on any atom is -0.506 e. The third-order valence-electron chi connectivity index (χ3n) is 12.2. The van der Waals surface area contributed by atoms with Crippen molar-refractivity contribution >= 4 is 40.7 Å². The zero-order chi connectivity index (χ0) is 46.6. The molecule has 20 heteroatoms. The first-order chi connectivity index (χ1) is 31.1. The number of benzene rings is 2. The molecule has 2 saturated heterocycles. The number of likely N-dealkylation sites (N-methyl/N-ethyl adjacent to an activating group) is 1. The molecule has 65 heavy (non-hydrogen) atoms. The maximum atomic E-state index is 15.2. The lowest BCUT2D eigenvalue weighted by molar-refractivity contribution is -0.192. The third kappa shape index (κ3) is 13.8. The maximum absolute atomic E-state index is 15.2. The molecule has 4 N–H and O–H groups in total. The van der Waals surface area contributed by atoms with E-state index >= 15 is 4.39 Å². The maximum Gasteiger partial charge on any atom is 0.490 e. The number of thiazole rings is 1. The normalized spacial score (nSPS) is 17.5. The van der Waals surface area contributed by atoms with Crippen LogP contribution in [-0.2, 0) is 43.2 Å². The van der Waals surface area contributed by atoms with Crippen LogP contribution < -0.4 is 15.4 Å². The van der Waals surface area contributed by atoms with E-state index in [1.165, 1.54) is 25.7 Å². The second kappa shape index (κ2) is 23.0. The minimum absolute atomic E-state index is 0.00424. The standard InChI is InChI=1S/C43H57FN6O7S.C2HF3O2/c1-2-49(20-17-45-16-11-32-9-10-36(51)39-40(32)56-27-37(52)47-39)38(53)13-23-55-22-12-31-8-7-30(25-34(31)44)26-48-18-14-43(15-19-48)29-50(21-24-57-43)42(54)35-28-58-41(46-35)33-5-3-4-6-33;3-2(4,5)1(6)7/h7-10,25,28,33,45,51H,2-6,11-24,26-27,29H2,1H3,(H,47,52);(H,6,7). The predicted molar refractivity (Wildman–Crippen MR) is 233 cm³/mol. The predicted octanol–water partition coefficient (Wildman–Crippen LogP) is 5.75. The number of carboxylic acid groups (broad SMARTS) is 1. The van der Waals surface area contributed by atoms with Gasteiger partial charge in [-0.25, -0.2) is 14.2 Å². The molecular formula is C45H58F4N6O9S. The first kappa shape index (κ1) is 49.5. The van der Waals surface area contributed by atoms with Gasteiger partial charge in [-0.3, -0.25) is 19.3 Å². The number of carbonyl (C=O) groups excluding carboxylic acids is 3. The van der Waals surface area contributed by atoms with E-state index in [9.17, 15) is 32.7 Å². The number of aromatic hydroxyl groups is 1. The number of phenols is 1. The number of amides is 3. The van der Waals surface area contributed by atoms with Gasteiger partial charge in [-0.1, -0.05) is 31.0 Å². The Labute approximate surface area is 379 Å². The van der Waals surface area contributed by atoms with Gasteiger partial charge in [0.15, 0.2) is 12.4 Å². The molecule has 356 valence electrons. The van der Waals surface area contributed by atoms with Crippen LogP contribution in [0.5, 0.6) is 11.5 Å². The van der Waals surface area contributed by atoms with Gasteiger partial charge >= 0.3 is 12.1 Å². The highest BCUT2D eigenvalue weighted by atomic mass is 32.1. The number of hydrogen-bond acceptors (Lipinski definition) is 12. The van der Waals surface area contributed by atoms with Crippen molar-refractivity contribution in [3.63, 3.8) is 0 Å². The Morgan fingerprint density at radius 3 is 2.51 bits per heavy atom. The van der Waals surface area contributed by atoms with Gasteiger partial charge in [0.05, 0.1) is 43.4 Å². The number of aromatic nitrogens is 1. The number of morpholine rings is 1. The van der Waals surface area contributed by atoms with Crippen LogP contribution in [0.15, 0.2) is 35.7 Å². The number of rotatable bonds is 17. The molecule has 3 aromatic rings. The number of carboxylic acids is 1. The number of aliphatic carboxylic acids is 1. The van der Waals surface area contributed by atoms with Crippen LogP contribution in [0.2, 0.25) is 0 Å². The van der Waals surface area contributed by atoms with Crippen LogP contribution in [0, 0.1) is 5.82 Å². The number of carbonyl (C=O) groups is 4. The number of ether oxygens (including phenoxy) is 3. The fraction of sp³-hybridized carbons (Fsp3) is 0.578. The van der Waals surface area contributed by atoms with E-state index in [1.54, 1.807) is 34.4 Å². The van der Waals surface area contributed by atoms with Gasteiger partial charge in [0.2, 0.25) is 5.91 Å². The summed E-state index contributed by atoms with van der Waals surface area (Å²) in [5.74, 6) is -2.32. The summed E-state index contributed by atoms with van der Waals surface area (Å²) in [4.78, 5) is 57.6. The molecule has 3 amide bonds. The van der Waals surface area contributed by atoms with E-state index in [2.05, 4.69) is 15.5 Å². The largest absolute Gasteiger partial charge is 0.506 e. The van der Waals surface area contributed by atoms with E-state index in [0.717, 1.165) is 42.1 Å². The lowest BCUT2D eigenvalue weighted by Gasteiger charge is -2.47. The Balaban J connectivity index is 0.000000925. The number of likely N-dealkylation sites (tertiary alicyclic amines) is 1. The van der Waals surface area contributed by atoms with Gasteiger partial charge in [0.1, 0.15) is 22.9 Å². The van der Waals surface area contributed by atoms with E-state index < -0.39 is 12.1 Å². The topological polar surface area (TPSA) is 183 Å². The Bertz CT molecular complexity index is 2110. The van der Waals surface area contributed by atoms with Gasteiger partial charge in [0.25, 0.3) is 11.8 Å². The average molecular weight is 935 g/mol. The van der Waals surface area contributed by atoms with Gasteiger partial charge in [-0.05, 0) is 80.8 Å². The molecule has 0 bridgehead atoms. The summed E-state index contributed by atoms with van der Waals surface area (Å²) in [6.07, 6.45) is 2.69. The highest BCUT2D eigenvalue weighted by Crippen LogP contribution is 2.39. The fourth-order valence-electron chi connectivity index (χ4n) is 8.53. The molecule has 3 fully saturated rings. The summed E-state index contributed by atoms with van der Waals surface area (Å²) in [5, 5.41) is 26.2. The number of anilines is 1. The molecule has 1 aromatic heterocycles. The second-order valence-corrected chi connectivity index (χ2v) is 17.6. The summed E-state index contributed by atoms with van der Waals surface area (Å²) in [6, 6.07) is 8.76. The molecule has 4 aliphatic rings. The van der Waals surface area contributed by atoms with Crippen LogP contribution >= 0.6 is 11.3 Å². The molecule has 0 radical (unpaired) electrons. The summed E-state index contributed by atoms with van der Waals surface area (Å²) in [6.45, 7) is 8.79. The monoisotopic (exact) mass is 934 g/mol. The lowest BCUT2D eigenvalue weighted by atomic mass is 9.89. The second-order valence-electron chi connectivity index (χ2n) is 16.7. The molecule has 15 nitrogen and oxygen atoms in total. The summed E-state index contributed by atoms with van der Waals surface area (Å²) in [5.41, 5.74) is 2.91. The van der Waals surface area contributed by atoms with E-state index in [0.29, 0.717) is 100 Å². The van der Waals surface area contributed by atoms with Crippen molar-refractivity contribution in [2.75, 3.05) is 84.1 Å². The van der Waals surface area contributed by atoms with Gasteiger partial charge in [0, 0.05) is 57.1 Å². The number of nitrogens with zero attached hydrogens (tertiary/aromatic N) is 4. The smallest absolute Gasteiger partial charge is 0.490 e. The SMILES string of the molecule is CCN(CCNCCc1ccc(O)c2c1OCC(=O)N2)C(=O)CCOCCc1ccc(CN2CCC3(CC2)CN(C(=O)c2csc(C4CCCC4)n2)CCO3)cc1F.O=C(O)C(F)(F)F. The molecule has 4 heterocycles. The van der Waals surface area contributed by atoms with Crippen molar-refractivity contribution < 1.29 is 61.2 Å². The first-order valence-electron chi connectivity index (χ1n) is 22.2. The van der Waals surface area contributed by atoms with E-state index in [4.69, 9.17) is 29.1 Å². The molecule has 0 unspecified atom stereocenters. The van der Waals surface area contributed by atoms with Crippen molar-refractivity contribution in [3.05, 3.63) is 68.9 Å². The van der Waals surface area contributed by atoms with Crippen molar-refractivity contribution in [1.82, 2.24) is 25.0 Å². The summed E-state index contributed by atoms with van der Waals surface area (Å²) < 4.78 is 64.5. The van der Waals surface area contributed by atoms with Crippen LogP contribution in [0.1, 0.15) is 90.0 Å². The fourth-order valence-corrected chi connectivity index (χ4v) is 9.50. The van der Waals surface area contributed by atoms with Crippen molar-refractivity contribution in [3.8, 4) is 11.5 Å². The zero-order valence-electron chi connectivity index (χ0n) is 36.6. The Hall–Kier alpha value is -4.89. The van der Waals surface area contributed by atoms with Crippen molar-refractivity contribution in [2.45, 2.75) is 89.0 Å². The Morgan fingerprint density at radius 1 is 1.06 bits per heavy atom. The average Bonchev–Trinajstić information content (AvgIpc) is 4.01. The van der Waals surface area contributed by atoms with E-state index in [-0.39, 0.29) is 54.5 Å². The Morgan fingerprint density at radius 2 is 1.80 bits per heavy atom.